The zero-order valence-electron chi connectivity index (χ0n) is 16.4. The molecule has 2 aromatic carbocycles. The van der Waals surface area contributed by atoms with E-state index in [9.17, 15) is 9.59 Å². The molecule has 1 N–H and O–H groups in total. The number of rotatable bonds is 8. The molecule has 0 heterocycles. The van der Waals surface area contributed by atoms with Gasteiger partial charge in [-0.25, -0.2) is 0 Å². The molecule has 2 amide bonds. The highest BCUT2D eigenvalue weighted by atomic mass is 16.5. The lowest BCUT2D eigenvalue weighted by atomic mass is 10.0. The van der Waals surface area contributed by atoms with Crippen molar-refractivity contribution in [1.82, 2.24) is 10.2 Å². The van der Waals surface area contributed by atoms with Crippen molar-refractivity contribution in [1.29, 1.82) is 0 Å². The van der Waals surface area contributed by atoms with Crippen molar-refractivity contribution >= 4 is 11.8 Å². The SMILES string of the molecule is COc1ccc(CN(C(C)=O)[C@@H](C(=O)NCC(C)C)c2ccccc2)cc1. The molecule has 2 rings (SSSR count). The van der Waals surface area contributed by atoms with Crippen LogP contribution in [0, 0.1) is 5.92 Å². The van der Waals surface area contributed by atoms with E-state index in [0.29, 0.717) is 19.0 Å². The minimum atomic E-state index is -0.676. The summed E-state index contributed by atoms with van der Waals surface area (Å²) in [4.78, 5) is 27.0. The van der Waals surface area contributed by atoms with Crippen LogP contribution >= 0.6 is 0 Å². The van der Waals surface area contributed by atoms with Crippen LogP contribution in [0.15, 0.2) is 54.6 Å². The second kappa shape index (κ2) is 9.76. The number of carbonyl (C=O) groups is 2. The van der Waals surface area contributed by atoms with E-state index in [-0.39, 0.29) is 11.8 Å². The molecule has 0 bridgehead atoms. The van der Waals surface area contributed by atoms with Gasteiger partial charge in [0.15, 0.2) is 0 Å². The van der Waals surface area contributed by atoms with E-state index in [0.717, 1.165) is 16.9 Å². The third kappa shape index (κ3) is 5.84. The van der Waals surface area contributed by atoms with Gasteiger partial charge in [-0.1, -0.05) is 56.3 Å². The first-order chi connectivity index (χ1) is 12.9. The third-order valence-electron chi connectivity index (χ3n) is 4.28. The number of carbonyl (C=O) groups excluding carboxylic acids is 2. The summed E-state index contributed by atoms with van der Waals surface area (Å²) >= 11 is 0. The number of amides is 2. The Bertz CT molecular complexity index is 742. The number of hydrogen-bond donors (Lipinski definition) is 1. The smallest absolute Gasteiger partial charge is 0.247 e. The van der Waals surface area contributed by atoms with Crippen LogP contribution in [0.5, 0.6) is 5.75 Å². The molecule has 0 saturated heterocycles. The van der Waals surface area contributed by atoms with Crippen molar-refractivity contribution in [3.05, 3.63) is 65.7 Å². The Kier molecular flexibility index (Phi) is 7.41. The molecule has 144 valence electrons. The zero-order chi connectivity index (χ0) is 19.8. The van der Waals surface area contributed by atoms with Crippen molar-refractivity contribution < 1.29 is 14.3 Å². The van der Waals surface area contributed by atoms with E-state index < -0.39 is 6.04 Å². The molecule has 2 aromatic rings. The maximum Gasteiger partial charge on any atom is 0.247 e. The molecule has 27 heavy (non-hydrogen) atoms. The second-order valence-corrected chi connectivity index (χ2v) is 6.95. The Morgan fingerprint density at radius 1 is 1.04 bits per heavy atom. The third-order valence-corrected chi connectivity index (χ3v) is 4.28. The highest BCUT2D eigenvalue weighted by Gasteiger charge is 2.29. The molecule has 1 atom stereocenters. The van der Waals surface area contributed by atoms with Crippen molar-refractivity contribution in [2.24, 2.45) is 5.92 Å². The summed E-state index contributed by atoms with van der Waals surface area (Å²) in [5.41, 5.74) is 1.73. The van der Waals surface area contributed by atoms with Gasteiger partial charge in [0.05, 0.1) is 7.11 Å². The Morgan fingerprint density at radius 3 is 2.19 bits per heavy atom. The fourth-order valence-electron chi connectivity index (χ4n) is 2.82. The molecule has 0 aliphatic rings. The molecule has 5 nitrogen and oxygen atoms in total. The molecular formula is C22H28N2O3. The van der Waals surface area contributed by atoms with Gasteiger partial charge < -0.3 is 15.0 Å². The summed E-state index contributed by atoms with van der Waals surface area (Å²) in [5, 5.41) is 2.97. The average Bonchev–Trinajstić information content (AvgIpc) is 2.67. The first-order valence-corrected chi connectivity index (χ1v) is 9.15. The number of nitrogens with zero attached hydrogens (tertiary/aromatic N) is 1. The van der Waals surface area contributed by atoms with E-state index in [1.807, 2.05) is 68.4 Å². The zero-order valence-corrected chi connectivity index (χ0v) is 16.4. The summed E-state index contributed by atoms with van der Waals surface area (Å²) in [6.07, 6.45) is 0. The molecule has 0 aromatic heterocycles. The van der Waals surface area contributed by atoms with Crippen LogP contribution in [-0.2, 0) is 16.1 Å². The van der Waals surface area contributed by atoms with E-state index in [2.05, 4.69) is 5.32 Å². The van der Waals surface area contributed by atoms with E-state index in [1.54, 1.807) is 12.0 Å². The Hall–Kier alpha value is -2.82. The summed E-state index contributed by atoms with van der Waals surface area (Å²) in [7, 11) is 1.61. The van der Waals surface area contributed by atoms with Gasteiger partial charge in [-0.2, -0.15) is 0 Å². The largest absolute Gasteiger partial charge is 0.497 e. The molecule has 5 heteroatoms. The predicted molar refractivity (Wildman–Crippen MR) is 106 cm³/mol. The average molecular weight is 368 g/mol. The van der Waals surface area contributed by atoms with Crippen LogP contribution in [-0.4, -0.2) is 30.4 Å². The van der Waals surface area contributed by atoms with Crippen LogP contribution in [0.25, 0.3) is 0 Å². The molecule has 0 fully saturated rings. The summed E-state index contributed by atoms with van der Waals surface area (Å²) in [6.45, 7) is 6.48. The lowest BCUT2D eigenvalue weighted by molar-refractivity contribution is -0.140. The standard InChI is InChI=1S/C22H28N2O3/c1-16(2)14-23-22(26)21(19-8-6-5-7-9-19)24(17(3)25)15-18-10-12-20(27-4)13-11-18/h5-13,16,21H,14-15H2,1-4H3,(H,23,26)/t21-/m1/s1. The molecular weight excluding hydrogens is 340 g/mol. The summed E-state index contributed by atoms with van der Waals surface area (Å²) < 4.78 is 5.19. The molecule has 0 unspecified atom stereocenters. The van der Waals surface area contributed by atoms with Crippen molar-refractivity contribution in [3.63, 3.8) is 0 Å². The van der Waals surface area contributed by atoms with Gasteiger partial charge >= 0.3 is 0 Å². The van der Waals surface area contributed by atoms with Crippen LogP contribution in [0.4, 0.5) is 0 Å². The highest BCUT2D eigenvalue weighted by molar-refractivity contribution is 5.88. The summed E-state index contributed by atoms with van der Waals surface area (Å²) in [6, 6.07) is 16.2. The van der Waals surface area contributed by atoms with E-state index in [4.69, 9.17) is 4.74 Å². The Balaban J connectivity index is 2.32. The molecule has 0 spiro atoms. The fourth-order valence-corrected chi connectivity index (χ4v) is 2.82. The number of methoxy groups -OCH3 is 1. The molecule has 0 saturated carbocycles. The monoisotopic (exact) mass is 368 g/mol. The van der Waals surface area contributed by atoms with Crippen LogP contribution in [0.2, 0.25) is 0 Å². The van der Waals surface area contributed by atoms with Gasteiger partial charge in [-0.3, -0.25) is 9.59 Å². The first-order valence-electron chi connectivity index (χ1n) is 9.15. The maximum absolute atomic E-state index is 13.0. The van der Waals surface area contributed by atoms with E-state index in [1.165, 1.54) is 6.92 Å². The molecule has 0 aliphatic heterocycles. The normalized spacial score (nSPS) is 11.7. The van der Waals surface area contributed by atoms with Crippen molar-refractivity contribution in [2.75, 3.05) is 13.7 Å². The number of ether oxygens (including phenoxy) is 1. The summed E-state index contributed by atoms with van der Waals surface area (Å²) in [5.74, 6) is 0.762. The minimum Gasteiger partial charge on any atom is -0.497 e. The highest BCUT2D eigenvalue weighted by Crippen LogP contribution is 2.24. The quantitative estimate of drug-likeness (QED) is 0.775. The van der Waals surface area contributed by atoms with Crippen molar-refractivity contribution in [2.45, 2.75) is 33.4 Å². The van der Waals surface area contributed by atoms with Gasteiger partial charge in [0.2, 0.25) is 11.8 Å². The number of hydrogen-bond acceptors (Lipinski definition) is 3. The van der Waals surface area contributed by atoms with Gasteiger partial charge in [0.25, 0.3) is 0 Å². The van der Waals surface area contributed by atoms with Gasteiger partial charge in [-0.05, 0) is 29.2 Å². The Morgan fingerprint density at radius 2 is 1.67 bits per heavy atom. The molecule has 0 aliphatic carbocycles. The second-order valence-electron chi connectivity index (χ2n) is 6.95. The van der Waals surface area contributed by atoms with Gasteiger partial charge in [-0.15, -0.1) is 0 Å². The van der Waals surface area contributed by atoms with Crippen molar-refractivity contribution in [3.8, 4) is 5.75 Å². The van der Waals surface area contributed by atoms with E-state index >= 15 is 0 Å². The lowest BCUT2D eigenvalue weighted by Crippen LogP contribution is -2.43. The number of benzene rings is 2. The van der Waals surface area contributed by atoms with Crippen LogP contribution < -0.4 is 10.1 Å². The minimum absolute atomic E-state index is 0.153. The maximum atomic E-state index is 13.0. The number of nitrogens with one attached hydrogen (secondary N) is 1. The fraction of sp³-hybridized carbons (Fsp3) is 0.364. The van der Waals surface area contributed by atoms with Gasteiger partial charge in [0, 0.05) is 20.0 Å². The predicted octanol–water partition coefficient (Wildman–Crippen LogP) is 3.56. The van der Waals surface area contributed by atoms with Crippen LogP contribution in [0.1, 0.15) is 37.9 Å². The van der Waals surface area contributed by atoms with Crippen LogP contribution in [0.3, 0.4) is 0 Å². The Labute approximate surface area is 161 Å². The molecule has 0 radical (unpaired) electrons. The topological polar surface area (TPSA) is 58.6 Å². The lowest BCUT2D eigenvalue weighted by Gasteiger charge is -2.31. The van der Waals surface area contributed by atoms with Gasteiger partial charge in [0.1, 0.15) is 11.8 Å². The first kappa shape index (κ1) is 20.5.